The fourth-order valence-corrected chi connectivity index (χ4v) is 4.41. The van der Waals surface area contributed by atoms with E-state index in [1.54, 1.807) is 11.3 Å². The zero-order chi connectivity index (χ0) is 17.9. The summed E-state index contributed by atoms with van der Waals surface area (Å²) in [6.07, 6.45) is 2.74. The summed E-state index contributed by atoms with van der Waals surface area (Å²) in [5.41, 5.74) is 1.68. The quantitative estimate of drug-likeness (QED) is 0.705. The van der Waals surface area contributed by atoms with Crippen molar-refractivity contribution in [2.45, 2.75) is 25.2 Å². The molecule has 0 saturated carbocycles. The first-order chi connectivity index (χ1) is 12.7. The van der Waals surface area contributed by atoms with Crippen LogP contribution in [0.3, 0.4) is 0 Å². The average Bonchev–Trinajstić information content (AvgIpc) is 3.27. The van der Waals surface area contributed by atoms with Gasteiger partial charge in [-0.3, -0.25) is 0 Å². The van der Waals surface area contributed by atoms with Crippen LogP contribution in [0.4, 0.5) is 4.79 Å². The number of rotatable bonds is 4. The minimum atomic E-state index is -0.0199. The van der Waals surface area contributed by atoms with Crippen molar-refractivity contribution in [1.29, 1.82) is 0 Å². The molecule has 2 amide bonds. The smallest absolute Gasteiger partial charge is 0.317 e. The lowest BCUT2D eigenvalue weighted by atomic mass is 9.98. The molecule has 4 rings (SSSR count). The minimum Gasteiger partial charge on any atom is -0.440 e. The Bertz CT molecular complexity index is 874. The first kappa shape index (κ1) is 17.4. The predicted molar refractivity (Wildman–Crippen MR) is 104 cm³/mol. The fraction of sp³-hybridized carbons (Fsp3) is 0.368. The number of fused-ring (bicyclic) bond motifs is 1. The number of para-hydroxylation sites is 2. The molecule has 2 aromatic heterocycles. The standard InChI is InChI=1S/C19H20ClN3O2S/c20-17-8-7-14(26-17)9-10-21-19(24)23-11-3-4-13(12-23)18-22-15-5-1-2-6-16(15)25-18/h1-2,5-8,13H,3-4,9-12H2,(H,21,24). The molecule has 1 fully saturated rings. The van der Waals surface area contributed by atoms with E-state index >= 15 is 0 Å². The van der Waals surface area contributed by atoms with E-state index in [1.165, 1.54) is 4.88 Å². The van der Waals surface area contributed by atoms with Crippen LogP contribution in [0.15, 0.2) is 40.8 Å². The monoisotopic (exact) mass is 389 g/mol. The van der Waals surface area contributed by atoms with E-state index in [9.17, 15) is 4.79 Å². The number of urea groups is 1. The summed E-state index contributed by atoms with van der Waals surface area (Å²) in [4.78, 5) is 20.1. The normalized spacial score (nSPS) is 17.6. The number of amides is 2. The molecule has 1 aliphatic rings. The molecule has 3 heterocycles. The molecule has 1 saturated heterocycles. The maximum absolute atomic E-state index is 12.5. The molecule has 1 aromatic carbocycles. The van der Waals surface area contributed by atoms with E-state index in [1.807, 2.05) is 41.3 Å². The molecule has 0 bridgehead atoms. The van der Waals surface area contributed by atoms with Gasteiger partial charge >= 0.3 is 6.03 Å². The van der Waals surface area contributed by atoms with Crippen molar-refractivity contribution < 1.29 is 9.21 Å². The van der Waals surface area contributed by atoms with E-state index in [4.69, 9.17) is 16.0 Å². The number of benzene rings is 1. The Morgan fingerprint density at radius 3 is 3.04 bits per heavy atom. The van der Waals surface area contributed by atoms with E-state index in [0.717, 1.165) is 47.1 Å². The number of halogens is 1. The van der Waals surface area contributed by atoms with Gasteiger partial charge < -0.3 is 14.6 Å². The number of oxazole rings is 1. The number of carbonyl (C=O) groups is 1. The second-order valence-electron chi connectivity index (χ2n) is 6.49. The minimum absolute atomic E-state index is 0.0199. The van der Waals surface area contributed by atoms with Crippen molar-refractivity contribution >= 4 is 40.1 Å². The number of hydrogen-bond donors (Lipinski definition) is 1. The Labute approximate surface area is 161 Å². The summed E-state index contributed by atoms with van der Waals surface area (Å²) in [6, 6.07) is 11.6. The molecule has 0 spiro atoms. The highest BCUT2D eigenvalue weighted by Crippen LogP contribution is 2.29. The molecule has 0 radical (unpaired) electrons. The summed E-state index contributed by atoms with van der Waals surface area (Å²) >= 11 is 7.49. The molecule has 7 heteroatoms. The second kappa shape index (κ2) is 7.68. The van der Waals surface area contributed by atoms with Gasteiger partial charge in [0.05, 0.1) is 10.3 Å². The Morgan fingerprint density at radius 1 is 1.35 bits per heavy atom. The van der Waals surface area contributed by atoms with Crippen LogP contribution in [0.25, 0.3) is 11.1 Å². The molecular weight excluding hydrogens is 370 g/mol. The molecule has 3 aromatic rings. The number of carbonyl (C=O) groups excluding carboxylic acids is 1. The first-order valence-corrected chi connectivity index (χ1v) is 10.0. The molecule has 5 nitrogen and oxygen atoms in total. The van der Waals surface area contributed by atoms with E-state index < -0.39 is 0 Å². The molecule has 1 aliphatic heterocycles. The summed E-state index contributed by atoms with van der Waals surface area (Å²) in [5.74, 6) is 0.884. The average molecular weight is 390 g/mol. The number of nitrogens with zero attached hydrogens (tertiary/aromatic N) is 2. The number of aromatic nitrogens is 1. The number of thiophene rings is 1. The van der Waals surface area contributed by atoms with Crippen molar-refractivity contribution in [3.05, 3.63) is 51.5 Å². The van der Waals surface area contributed by atoms with Gasteiger partial charge in [-0.2, -0.15) is 0 Å². The van der Waals surface area contributed by atoms with Crippen molar-refractivity contribution in [3.8, 4) is 0 Å². The van der Waals surface area contributed by atoms with Gasteiger partial charge in [0.1, 0.15) is 5.52 Å². The SMILES string of the molecule is O=C(NCCc1ccc(Cl)s1)N1CCCC(c2nc3ccccc3o2)C1. The Morgan fingerprint density at radius 2 is 2.23 bits per heavy atom. The number of nitrogens with one attached hydrogen (secondary N) is 1. The van der Waals surface area contributed by atoms with Gasteiger partial charge in [-0.15, -0.1) is 11.3 Å². The lowest BCUT2D eigenvalue weighted by Gasteiger charge is -2.31. The number of likely N-dealkylation sites (tertiary alicyclic amines) is 1. The third-order valence-electron chi connectivity index (χ3n) is 4.64. The Kier molecular flexibility index (Phi) is 5.13. The Hall–Kier alpha value is -2.05. The van der Waals surface area contributed by atoms with Gasteiger partial charge in [0, 0.05) is 24.5 Å². The summed E-state index contributed by atoms with van der Waals surface area (Å²) in [7, 11) is 0. The van der Waals surface area contributed by atoms with E-state index in [2.05, 4.69) is 10.3 Å². The zero-order valence-corrected chi connectivity index (χ0v) is 15.9. The Balaban J connectivity index is 1.34. The number of hydrogen-bond acceptors (Lipinski definition) is 4. The fourth-order valence-electron chi connectivity index (χ4n) is 3.32. The maximum atomic E-state index is 12.5. The van der Waals surface area contributed by atoms with Gasteiger partial charge in [0.25, 0.3) is 0 Å². The summed E-state index contributed by atoms with van der Waals surface area (Å²) < 4.78 is 6.68. The zero-order valence-electron chi connectivity index (χ0n) is 14.3. The van der Waals surface area contributed by atoms with Crippen LogP contribution < -0.4 is 5.32 Å². The van der Waals surface area contributed by atoms with Gasteiger partial charge in [-0.1, -0.05) is 23.7 Å². The molecule has 0 aliphatic carbocycles. The van der Waals surface area contributed by atoms with E-state index in [0.29, 0.717) is 13.1 Å². The summed E-state index contributed by atoms with van der Waals surface area (Å²) in [5, 5.41) is 3.01. The highest BCUT2D eigenvalue weighted by molar-refractivity contribution is 7.16. The third kappa shape index (κ3) is 3.86. The molecule has 1 atom stereocenters. The van der Waals surface area contributed by atoms with Crippen LogP contribution in [0.5, 0.6) is 0 Å². The molecular formula is C19H20ClN3O2S. The molecule has 26 heavy (non-hydrogen) atoms. The van der Waals surface area contributed by atoms with Gasteiger partial charge in [-0.05, 0) is 43.5 Å². The van der Waals surface area contributed by atoms with Crippen LogP contribution in [-0.4, -0.2) is 35.5 Å². The predicted octanol–water partition coefficient (Wildman–Crippen LogP) is 4.67. The third-order valence-corrected chi connectivity index (χ3v) is 5.94. The van der Waals surface area contributed by atoms with Gasteiger partial charge in [-0.25, -0.2) is 9.78 Å². The van der Waals surface area contributed by atoms with Gasteiger partial charge in [0.2, 0.25) is 0 Å². The van der Waals surface area contributed by atoms with Crippen molar-refractivity contribution in [3.63, 3.8) is 0 Å². The maximum Gasteiger partial charge on any atom is 0.317 e. The lowest BCUT2D eigenvalue weighted by molar-refractivity contribution is 0.175. The topological polar surface area (TPSA) is 58.4 Å². The second-order valence-corrected chi connectivity index (χ2v) is 8.29. The van der Waals surface area contributed by atoms with Crippen molar-refractivity contribution in [2.75, 3.05) is 19.6 Å². The van der Waals surface area contributed by atoms with E-state index in [-0.39, 0.29) is 11.9 Å². The van der Waals surface area contributed by atoms with Crippen LogP contribution in [0.2, 0.25) is 4.34 Å². The summed E-state index contributed by atoms with van der Waals surface area (Å²) in [6.45, 7) is 2.02. The molecule has 1 unspecified atom stereocenters. The molecule has 136 valence electrons. The van der Waals surface area contributed by atoms with Crippen molar-refractivity contribution in [1.82, 2.24) is 15.2 Å². The lowest BCUT2D eigenvalue weighted by Crippen LogP contribution is -2.45. The van der Waals surface area contributed by atoms with Gasteiger partial charge in [0.15, 0.2) is 11.5 Å². The first-order valence-electron chi connectivity index (χ1n) is 8.81. The molecule has 1 N–H and O–H groups in total. The largest absolute Gasteiger partial charge is 0.440 e. The highest BCUT2D eigenvalue weighted by Gasteiger charge is 2.28. The highest BCUT2D eigenvalue weighted by atomic mass is 35.5. The van der Waals surface area contributed by atoms with Crippen LogP contribution in [-0.2, 0) is 6.42 Å². The number of piperidine rings is 1. The van der Waals surface area contributed by atoms with Crippen LogP contribution in [0, 0.1) is 0 Å². The van der Waals surface area contributed by atoms with Crippen LogP contribution >= 0.6 is 22.9 Å². The van der Waals surface area contributed by atoms with Crippen molar-refractivity contribution in [2.24, 2.45) is 0 Å². The van der Waals surface area contributed by atoms with Crippen LogP contribution in [0.1, 0.15) is 29.5 Å².